The van der Waals surface area contributed by atoms with Crippen LogP contribution in [-0.2, 0) is 14.3 Å². The highest BCUT2D eigenvalue weighted by molar-refractivity contribution is 5.90. The minimum absolute atomic E-state index is 0.143. The lowest BCUT2D eigenvalue weighted by Crippen LogP contribution is -2.54. The topological polar surface area (TPSA) is 93.5 Å². The molecule has 20 heavy (non-hydrogen) atoms. The molecule has 1 atom stereocenters. The second-order valence-electron chi connectivity index (χ2n) is 5.93. The Kier molecular flexibility index (Phi) is 6.42. The fourth-order valence-electron chi connectivity index (χ4n) is 2.16. The zero-order valence-corrected chi connectivity index (χ0v) is 12.7. The molecule has 0 radical (unpaired) electrons. The lowest BCUT2D eigenvalue weighted by molar-refractivity contribution is -0.139. The fourth-order valence-corrected chi connectivity index (χ4v) is 2.16. The zero-order valence-electron chi connectivity index (χ0n) is 12.7. The average Bonchev–Trinajstić information content (AvgIpc) is 2.45. The van der Waals surface area contributed by atoms with Gasteiger partial charge in [-0.15, -0.1) is 0 Å². The first-order chi connectivity index (χ1) is 9.41. The average molecular weight is 285 g/mol. The second-order valence-corrected chi connectivity index (χ2v) is 5.93. The van der Waals surface area contributed by atoms with Gasteiger partial charge in [-0.3, -0.25) is 9.59 Å². The van der Waals surface area contributed by atoms with Gasteiger partial charge in [-0.2, -0.15) is 0 Å². The van der Waals surface area contributed by atoms with Gasteiger partial charge >= 0.3 is 0 Å². The van der Waals surface area contributed by atoms with E-state index in [0.717, 1.165) is 0 Å². The van der Waals surface area contributed by atoms with Crippen molar-refractivity contribution in [2.24, 2.45) is 17.1 Å². The molecule has 6 heteroatoms. The molecule has 0 saturated carbocycles. The molecule has 0 spiro atoms. The maximum absolute atomic E-state index is 12.4. The lowest BCUT2D eigenvalue weighted by Gasteiger charge is -2.35. The van der Waals surface area contributed by atoms with Crippen molar-refractivity contribution < 1.29 is 14.3 Å². The van der Waals surface area contributed by atoms with Gasteiger partial charge in [-0.05, 0) is 25.7 Å². The highest BCUT2D eigenvalue weighted by Gasteiger charge is 2.39. The third-order valence-corrected chi connectivity index (χ3v) is 3.75. The number of rotatable bonds is 6. The van der Waals surface area contributed by atoms with Gasteiger partial charge in [0.15, 0.2) is 0 Å². The summed E-state index contributed by atoms with van der Waals surface area (Å²) in [7, 11) is 0. The first-order valence-corrected chi connectivity index (χ1v) is 7.28. The third kappa shape index (κ3) is 4.45. The van der Waals surface area contributed by atoms with Gasteiger partial charge in [-0.1, -0.05) is 13.8 Å². The molecule has 4 N–H and O–H groups in total. The number of carbonyl (C=O) groups excluding carboxylic acids is 2. The highest BCUT2D eigenvalue weighted by Crippen LogP contribution is 2.29. The molecule has 1 fully saturated rings. The molecule has 1 saturated heterocycles. The Morgan fingerprint density at radius 1 is 1.25 bits per heavy atom. The van der Waals surface area contributed by atoms with E-state index in [-0.39, 0.29) is 18.4 Å². The van der Waals surface area contributed by atoms with Crippen molar-refractivity contribution in [2.45, 2.75) is 39.7 Å². The van der Waals surface area contributed by atoms with Gasteiger partial charge < -0.3 is 21.1 Å². The summed E-state index contributed by atoms with van der Waals surface area (Å²) in [5.74, 6) is 0.0782. The zero-order chi connectivity index (χ0) is 15.2. The molecule has 2 amide bonds. The molecule has 1 unspecified atom stereocenters. The summed E-state index contributed by atoms with van der Waals surface area (Å²) < 4.78 is 5.28. The molecular formula is C14H27N3O3. The quantitative estimate of drug-likeness (QED) is 0.641. The van der Waals surface area contributed by atoms with Gasteiger partial charge in [0.05, 0.1) is 5.41 Å². The maximum atomic E-state index is 12.4. The van der Waals surface area contributed by atoms with Crippen LogP contribution in [0.3, 0.4) is 0 Å². The smallest absolute Gasteiger partial charge is 0.242 e. The minimum atomic E-state index is -0.592. The molecule has 1 aliphatic heterocycles. The highest BCUT2D eigenvalue weighted by atomic mass is 16.5. The lowest BCUT2D eigenvalue weighted by atomic mass is 9.79. The Morgan fingerprint density at radius 3 is 2.35 bits per heavy atom. The van der Waals surface area contributed by atoms with E-state index in [2.05, 4.69) is 10.6 Å². The maximum Gasteiger partial charge on any atom is 0.242 e. The summed E-state index contributed by atoms with van der Waals surface area (Å²) in [5, 5.41) is 5.59. The molecule has 0 aliphatic carbocycles. The molecule has 0 aromatic carbocycles. The summed E-state index contributed by atoms with van der Waals surface area (Å²) in [6.07, 6.45) is 1.21. The number of hydrogen-bond acceptors (Lipinski definition) is 4. The van der Waals surface area contributed by atoms with Crippen LogP contribution in [0.25, 0.3) is 0 Å². The Morgan fingerprint density at radius 2 is 1.85 bits per heavy atom. The van der Waals surface area contributed by atoms with E-state index in [4.69, 9.17) is 10.5 Å². The predicted octanol–water partition coefficient (Wildman–Crippen LogP) is 0.0188. The van der Waals surface area contributed by atoms with Crippen LogP contribution in [0.15, 0.2) is 0 Å². The van der Waals surface area contributed by atoms with Crippen LogP contribution in [0.1, 0.15) is 33.6 Å². The van der Waals surface area contributed by atoms with Gasteiger partial charge in [0.2, 0.25) is 11.8 Å². The Hall–Kier alpha value is -1.14. The summed E-state index contributed by atoms with van der Waals surface area (Å²) >= 11 is 0. The summed E-state index contributed by atoms with van der Waals surface area (Å²) in [6, 6.07) is -0.549. The van der Waals surface area contributed by atoms with Crippen LogP contribution >= 0.6 is 0 Å². The summed E-state index contributed by atoms with van der Waals surface area (Å²) in [4.78, 5) is 24.3. The molecule has 116 valence electrons. The number of carbonyl (C=O) groups is 2. The molecule has 0 aromatic rings. The van der Waals surface area contributed by atoms with Crippen LogP contribution in [-0.4, -0.2) is 44.2 Å². The fraction of sp³-hybridized carbons (Fsp3) is 0.857. The van der Waals surface area contributed by atoms with Crippen LogP contribution in [0, 0.1) is 11.3 Å². The van der Waals surface area contributed by atoms with E-state index in [1.54, 1.807) is 6.92 Å². The van der Waals surface area contributed by atoms with Crippen molar-refractivity contribution in [3.63, 3.8) is 0 Å². The van der Waals surface area contributed by atoms with Gasteiger partial charge in [0, 0.05) is 26.3 Å². The molecule has 1 aliphatic rings. The Bertz CT molecular complexity index is 339. The number of hydrogen-bond donors (Lipinski definition) is 3. The predicted molar refractivity (Wildman–Crippen MR) is 77.0 cm³/mol. The molecule has 1 rings (SSSR count). The number of ether oxygens (including phenoxy) is 1. The largest absolute Gasteiger partial charge is 0.381 e. The standard InChI is InChI=1S/C14H27N3O3/c1-10(2)8-16-12(18)11(3)17-13(19)14(9-15)4-6-20-7-5-14/h10-11H,4-9,15H2,1-3H3,(H,16,18)(H,17,19). The van der Waals surface area contributed by atoms with Crippen LogP contribution in [0.2, 0.25) is 0 Å². The first kappa shape index (κ1) is 16.9. The third-order valence-electron chi connectivity index (χ3n) is 3.75. The molecule has 0 bridgehead atoms. The van der Waals surface area contributed by atoms with Crippen LogP contribution in [0.5, 0.6) is 0 Å². The summed E-state index contributed by atoms with van der Waals surface area (Å²) in [5.41, 5.74) is 5.18. The van der Waals surface area contributed by atoms with Crippen molar-refractivity contribution in [3.8, 4) is 0 Å². The van der Waals surface area contributed by atoms with E-state index in [9.17, 15) is 9.59 Å². The molecule has 6 nitrogen and oxygen atoms in total. The number of nitrogens with one attached hydrogen (secondary N) is 2. The van der Waals surface area contributed by atoms with Crippen LogP contribution in [0.4, 0.5) is 0 Å². The number of amides is 2. The Balaban J connectivity index is 2.53. The van der Waals surface area contributed by atoms with Crippen molar-refractivity contribution >= 4 is 11.8 Å². The second kappa shape index (κ2) is 7.59. The van der Waals surface area contributed by atoms with E-state index >= 15 is 0 Å². The van der Waals surface area contributed by atoms with E-state index in [1.165, 1.54) is 0 Å². The molecule has 1 heterocycles. The van der Waals surface area contributed by atoms with E-state index in [1.807, 2.05) is 13.8 Å². The minimum Gasteiger partial charge on any atom is -0.381 e. The van der Waals surface area contributed by atoms with E-state index in [0.29, 0.717) is 38.5 Å². The van der Waals surface area contributed by atoms with Crippen molar-refractivity contribution in [2.75, 3.05) is 26.3 Å². The van der Waals surface area contributed by atoms with Gasteiger partial charge in [0.25, 0.3) is 0 Å². The number of nitrogens with two attached hydrogens (primary N) is 1. The molecule has 0 aromatic heterocycles. The first-order valence-electron chi connectivity index (χ1n) is 7.28. The van der Waals surface area contributed by atoms with Crippen molar-refractivity contribution in [1.82, 2.24) is 10.6 Å². The van der Waals surface area contributed by atoms with Crippen molar-refractivity contribution in [3.05, 3.63) is 0 Å². The van der Waals surface area contributed by atoms with Gasteiger partial charge in [-0.25, -0.2) is 0 Å². The summed E-state index contributed by atoms with van der Waals surface area (Å²) in [6.45, 7) is 7.70. The van der Waals surface area contributed by atoms with Crippen molar-refractivity contribution in [1.29, 1.82) is 0 Å². The molecular weight excluding hydrogens is 258 g/mol. The Labute approximate surface area is 120 Å². The SMILES string of the molecule is CC(C)CNC(=O)C(C)NC(=O)C1(CN)CCOCC1. The van der Waals surface area contributed by atoms with Crippen LogP contribution < -0.4 is 16.4 Å². The normalized spacial score (nSPS) is 19.4. The monoisotopic (exact) mass is 285 g/mol. The van der Waals surface area contributed by atoms with E-state index < -0.39 is 11.5 Å². The van der Waals surface area contributed by atoms with Gasteiger partial charge in [0.1, 0.15) is 6.04 Å².